The lowest BCUT2D eigenvalue weighted by atomic mass is 10.1. The number of hydrogen-bond acceptors (Lipinski definition) is 3. The van der Waals surface area contributed by atoms with Crippen LogP contribution in [0.15, 0.2) is 59.6 Å². The summed E-state index contributed by atoms with van der Waals surface area (Å²) in [5.41, 5.74) is 3.31. The van der Waals surface area contributed by atoms with Crippen LogP contribution in [0.4, 0.5) is 0 Å². The molecule has 0 amide bonds. The molecule has 2 aromatic carbocycles. The molecule has 0 saturated heterocycles. The molecule has 0 radical (unpaired) electrons. The Morgan fingerprint density at radius 1 is 1.00 bits per heavy atom. The lowest BCUT2D eigenvalue weighted by Crippen LogP contribution is -2.31. The molecule has 1 aliphatic heterocycles. The summed E-state index contributed by atoms with van der Waals surface area (Å²) in [6.07, 6.45) is 1.80. The molecular formula is C18H11N2O4S+. The summed E-state index contributed by atoms with van der Waals surface area (Å²) in [4.78, 5) is 15.9. The van der Waals surface area contributed by atoms with Crippen LogP contribution in [0.25, 0.3) is 27.5 Å². The third kappa shape index (κ3) is 1.84. The van der Waals surface area contributed by atoms with E-state index in [2.05, 4.69) is 4.98 Å². The second kappa shape index (κ2) is 4.53. The maximum atomic E-state index is 12.8. The van der Waals surface area contributed by atoms with Gasteiger partial charge in [0.1, 0.15) is 11.1 Å². The summed E-state index contributed by atoms with van der Waals surface area (Å²) in [5, 5.41) is 1.37. The molecule has 1 aliphatic rings. The minimum atomic E-state index is -4.29. The molecule has 0 bridgehead atoms. The van der Waals surface area contributed by atoms with E-state index < -0.39 is 10.1 Å². The summed E-state index contributed by atoms with van der Waals surface area (Å²) in [5.74, 6) is -0.0808. The number of rotatable bonds is 1. The van der Waals surface area contributed by atoms with Crippen molar-refractivity contribution >= 4 is 37.7 Å². The first-order valence-corrected chi connectivity index (χ1v) is 9.01. The number of H-pyrrole nitrogens is 1. The molecule has 0 atom stereocenters. The van der Waals surface area contributed by atoms with Gasteiger partial charge in [-0.15, -0.1) is 0 Å². The number of benzene rings is 2. The van der Waals surface area contributed by atoms with Gasteiger partial charge in [0.15, 0.2) is 6.20 Å². The molecule has 0 unspecified atom stereocenters. The molecule has 3 heterocycles. The molecule has 2 aromatic heterocycles. The molecule has 4 aromatic rings. The zero-order valence-electron chi connectivity index (χ0n) is 12.7. The lowest BCUT2D eigenvalue weighted by Gasteiger charge is -1.97. The average Bonchev–Trinajstić information content (AvgIpc) is 3.10. The topological polar surface area (TPSA) is 91.1 Å². The number of hydrogen-bond donors (Lipinski definition) is 2. The molecule has 5 rings (SSSR count). The fraction of sp³-hybridized carbons (Fsp3) is 0. The Bertz CT molecular complexity index is 1340. The van der Waals surface area contributed by atoms with E-state index in [4.69, 9.17) is 0 Å². The van der Waals surface area contributed by atoms with Gasteiger partial charge in [0.05, 0.1) is 4.90 Å². The third-order valence-electron chi connectivity index (χ3n) is 4.60. The Kier molecular flexibility index (Phi) is 2.60. The predicted octanol–water partition coefficient (Wildman–Crippen LogP) is 2.39. The standard InChI is InChI=1S/C18H10N2O4S/c21-18-12-3-1-2-4-15(12)20-8-7-11-13-9-10(25(22,23)24)5-6-14(13)19-16(11)17(18)20/h1-9H,(H,22,23,24)/p+1. The smallest absolute Gasteiger partial charge is 0.294 e. The van der Waals surface area contributed by atoms with Crippen molar-refractivity contribution in [2.75, 3.05) is 0 Å². The zero-order chi connectivity index (χ0) is 17.3. The summed E-state index contributed by atoms with van der Waals surface area (Å²) in [6, 6.07) is 13.5. The Morgan fingerprint density at radius 3 is 2.60 bits per heavy atom. The lowest BCUT2D eigenvalue weighted by molar-refractivity contribution is -0.592. The van der Waals surface area contributed by atoms with E-state index in [-0.39, 0.29) is 10.7 Å². The number of para-hydroxylation sites is 1. The summed E-state index contributed by atoms with van der Waals surface area (Å²) in [7, 11) is -4.29. The van der Waals surface area contributed by atoms with Crippen molar-refractivity contribution < 1.29 is 22.3 Å². The second-order valence-electron chi connectivity index (χ2n) is 5.98. The number of aromatic amines is 1. The van der Waals surface area contributed by atoms with E-state index >= 15 is 0 Å². The maximum absolute atomic E-state index is 12.8. The summed E-state index contributed by atoms with van der Waals surface area (Å²) in [6.45, 7) is 0. The minimum absolute atomic E-state index is 0.0808. The van der Waals surface area contributed by atoms with Crippen molar-refractivity contribution in [1.82, 2.24) is 4.98 Å². The highest BCUT2D eigenvalue weighted by Gasteiger charge is 2.38. The van der Waals surface area contributed by atoms with Crippen molar-refractivity contribution in [3.05, 3.63) is 66.0 Å². The number of aromatic nitrogens is 2. The van der Waals surface area contributed by atoms with Crippen LogP contribution in [0, 0.1) is 0 Å². The monoisotopic (exact) mass is 351 g/mol. The van der Waals surface area contributed by atoms with Crippen LogP contribution < -0.4 is 4.57 Å². The van der Waals surface area contributed by atoms with Crippen molar-refractivity contribution in [2.24, 2.45) is 0 Å². The summed E-state index contributed by atoms with van der Waals surface area (Å²) >= 11 is 0. The number of pyridine rings is 1. The van der Waals surface area contributed by atoms with Gasteiger partial charge < -0.3 is 4.98 Å². The van der Waals surface area contributed by atoms with Gasteiger partial charge in [-0.25, -0.2) is 0 Å². The SMILES string of the molecule is O=C1c2ccccc2-[n+]2ccc3c([nH]c4ccc(S(=O)(=O)O)cc43)c21. The van der Waals surface area contributed by atoms with Gasteiger partial charge in [-0.2, -0.15) is 13.0 Å². The highest BCUT2D eigenvalue weighted by Crippen LogP contribution is 2.32. The van der Waals surface area contributed by atoms with Gasteiger partial charge in [0, 0.05) is 28.4 Å². The molecule has 25 heavy (non-hydrogen) atoms. The van der Waals surface area contributed by atoms with E-state index in [9.17, 15) is 17.8 Å². The normalized spacial score (nSPS) is 13.4. The zero-order valence-corrected chi connectivity index (χ0v) is 13.5. The first kappa shape index (κ1) is 14.3. The van der Waals surface area contributed by atoms with E-state index in [0.29, 0.717) is 27.7 Å². The highest BCUT2D eigenvalue weighted by molar-refractivity contribution is 7.85. The van der Waals surface area contributed by atoms with E-state index in [1.807, 2.05) is 28.8 Å². The number of nitrogens with zero attached hydrogens (tertiary/aromatic N) is 1. The van der Waals surface area contributed by atoms with Crippen LogP contribution in [0.3, 0.4) is 0 Å². The molecule has 0 saturated carbocycles. The Labute approximate surface area is 142 Å². The predicted molar refractivity (Wildman–Crippen MR) is 90.6 cm³/mol. The van der Waals surface area contributed by atoms with Crippen molar-refractivity contribution in [3.8, 4) is 5.69 Å². The number of carbonyl (C=O) groups excluding carboxylic acids is 1. The molecule has 2 N–H and O–H groups in total. The van der Waals surface area contributed by atoms with Crippen LogP contribution >= 0.6 is 0 Å². The third-order valence-corrected chi connectivity index (χ3v) is 5.45. The van der Waals surface area contributed by atoms with Crippen LogP contribution in [0.5, 0.6) is 0 Å². The fourth-order valence-electron chi connectivity index (χ4n) is 3.48. The van der Waals surface area contributed by atoms with Gasteiger partial charge in [-0.3, -0.25) is 9.35 Å². The van der Waals surface area contributed by atoms with Gasteiger partial charge in [0.2, 0.25) is 5.69 Å². The van der Waals surface area contributed by atoms with Gasteiger partial charge in [-0.05, 0) is 24.3 Å². The van der Waals surface area contributed by atoms with E-state index in [1.165, 1.54) is 12.1 Å². The molecule has 0 aliphatic carbocycles. The molecule has 7 heteroatoms. The second-order valence-corrected chi connectivity index (χ2v) is 7.40. The fourth-order valence-corrected chi connectivity index (χ4v) is 3.99. The molecule has 6 nitrogen and oxygen atoms in total. The number of nitrogens with one attached hydrogen (secondary N) is 1. The summed E-state index contributed by atoms with van der Waals surface area (Å²) < 4.78 is 33.9. The number of carbonyl (C=O) groups is 1. The van der Waals surface area contributed by atoms with Gasteiger partial charge in [-0.1, -0.05) is 12.1 Å². The average molecular weight is 351 g/mol. The number of fused-ring (bicyclic) bond motifs is 7. The minimum Gasteiger partial charge on any atom is -0.349 e. The van der Waals surface area contributed by atoms with Crippen LogP contribution in [0.1, 0.15) is 16.1 Å². The Morgan fingerprint density at radius 2 is 1.80 bits per heavy atom. The van der Waals surface area contributed by atoms with Crippen molar-refractivity contribution in [2.45, 2.75) is 4.90 Å². The maximum Gasteiger partial charge on any atom is 0.294 e. The largest absolute Gasteiger partial charge is 0.349 e. The molecular weight excluding hydrogens is 340 g/mol. The van der Waals surface area contributed by atoms with Crippen LogP contribution in [-0.4, -0.2) is 23.7 Å². The first-order valence-electron chi connectivity index (χ1n) is 7.57. The van der Waals surface area contributed by atoms with Crippen LogP contribution in [0.2, 0.25) is 0 Å². The van der Waals surface area contributed by atoms with Gasteiger partial charge in [0.25, 0.3) is 21.6 Å². The van der Waals surface area contributed by atoms with E-state index in [0.717, 1.165) is 11.1 Å². The first-order chi connectivity index (χ1) is 11.9. The van der Waals surface area contributed by atoms with Gasteiger partial charge >= 0.3 is 0 Å². The number of ketones is 1. The molecule has 122 valence electrons. The Balaban J connectivity index is 1.89. The van der Waals surface area contributed by atoms with Crippen molar-refractivity contribution in [1.29, 1.82) is 0 Å². The van der Waals surface area contributed by atoms with Crippen molar-refractivity contribution in [3.63, 3.8) is 0 Å². The molecule has 0 spiro atoms. The molecule has 0 fully saturated rings. The Hall–Kier alpha value is -3.03. The van der Waals surface area contributed by atoms with Crippen LogP contribution in [-0.2, 0) is 10.1 Å². The van der Waals surface area contributed by atoms with E-state index in [1.54, 1.807) is 18.3 Å². The quantitative estimate of drug-likeness (QED) is 0.358. The highest BCUT2D eigenvalue weighted by atomic mass is 32.2.